The van der Waals surface area contributed by atoms with Gasteiger partial charge in [0.1, 0.15) is 5.78 Å². The van der Waals surface area contributed by atoms with Crippen molar-refractivity contribution in [2.75, 3.05) is 11.9 Å². The molecule has 1 unspecified atom stereocenters. The topological polar surface area (TPSA) is 29.1 Å². The van der Waals surface area contributed by atoms with Crippen molar-refractivity contribution in [2.45, 2.75) is 64.2 Å². The Morgan fingerprint density at radius 2 is 1.80 bits per heavy atom. The highest BCUT2D eigenvalue weighted by Crippen LogP contribution is 2.32. The second-order valence-corrected chi connectivity index (χ2v) is 5.86. The summed E-state index contributed by atoms with van der Waals surface area (Å²) in [6.45, 7) is 3.03. The normalized spacial score (nSPS) is 16.8. The number of ketones is 1. The average Bonchev–Trinajstić information content (AvgIpc) is 2.90. The Balaban J connectivity index is 1.66. The lowest BCUT2D eigenvalue weighted by molar-refractivity contribution is -0.120. The maximum Gasteiger partial charge on any atom is 0.142 e. The number of carbonyl (C=O) groups excluding carboxylic acids is 1. The summed E-state index contributed by atoms with van der Waals surface area (Å²) in [5.41, 5.74) is 2.34. The van der Waals surface area contributed by atoms with Gasteiger partial charge in [0, 0.05) is 18.7 Å². The van der Waals surface area contributed by atoms with E-state index in [0.29, 0.717) is 5.78 Å². The van der Waals surface area contributed by atoms with Crippen LogP contribution in [0.1, 0.15) is 69.8 Å². The Morgan fingerprint density at radius 3 is 2.60 bits per heavy atom. The van der Waals surface area contributed by atoms with E-state index in [0.717, 1.165) is 25.1 Å². The molecule has 0 aromatic heterocycles. The molecule has 0 aliphatic carbocycles. The van der Waals surface area contributed by atoms with Gasteiger partial charge >= 0.3 is 0 Å². The zero-order chi connectivity index (χ0) is 14.2. The minimum Gasteiger partial charge on any atom is -0.384 e. The summed E-state index contributed by atoms with van der Waals surface area (Å²) >= 11 is 0. The van der Waals surface area contributed by atoms with E-state index in [4.69, 9.17) is 0 Å². The summed E-state index contributed by atoms with van der Waals surface area (Å²) in [7, 11) is 0. The first-order valence-corrected chi connectivity index (χ1v) is 8.18. The molecule has 0 fully saturated rings. The van der Waals surface area contributed by atoms with E-state index in [1.54, 1.807) is 0 Å². The molecule has 1 aromatic rings. The minimum absolute atomic E-state index is 0.0892. The number of Topliss-reactive ketones (excluding diaryl/α,β-unsaturated/α-hetero) is 1. The van der Waals surface area contributed by atoms with Gasteiger partial charge in [0.05, 0.1) is 5.92 Å². The van der Waals surface area contributed by atoms with Gasteiger partial charge in [-0.25, -0.2) is 0 Å². The Bertz CT molecular complexity index is 427. The van der Waals surface area contributed by atoms with Crippen LogP contribution in [0.3, 0.4) is 0 Å². The van der Waals surface area contributed by atoms with Gasteiger partial charge < -0.3 is 5.32 Å². The molecule has 2 rings (SSSR count). The molecular formula is C18H27NO. The standard InChI is InChI=1S/C18H27NO/c1-2-3-4-5-6-7-8-13-18(20)16-14-19-17-12-10-9-11-15(16)17/h9-12,16,19H,2-8,13-14H2,1H3. The molecule has 2 nitrogen and oxygen atoms in total. The molecule has 1 N–H and O–H groups in total. The van der Waals surface area contributed by atoms with E-state index in [9.17, 15) is 4.79 Å². The number of rotatable bonds is 9. The maximum atomic E-state index is 12.3. The molecule has 1 aromatic carbocycles. The van der Waals surface area contributed by atoms with Crippen LogP contribution in [0.4, 0.5) is 5.69 Å². The maximum absolute atomic E-state index is 12.3. The second kappa shape index (κ2) is 8.08. The van der Waals surface area contributed by atoms with Crippen LogP contribution in [0.2, 0.25) is 0 Å². The summed E-state index contributed by atoms with van der Waals surface area (Å²) < 4.78 is 0. The average molecular weight is 273 g/mol. The molecule has 0 radical (unpaired) electrons. The molecule has 1 aliphatic heterocycles. The van der Waals surface area contributed by atoms with Crippen LogP contribution < -0.4 is 5.32 Å². The van der Waals surface area contributed by atoms with E-state index < -0.39 is 0 Å². The molecular weight excluding hydrogens is 246 g/mol. The highest BCUT2D eigenvalue weighted by atomic mass is 16.1. The van der Waals surface area contributed by atoms with Crippen LogP contribution >= 0.6 is 0 Å². The predicted octanol–water partition coefficient (Wildman–Crippen LogP) is 4.91. The van der Waals surface area contributed by atoms with Crippen molar-refractivity contribution < 1.29 is 4.79 Å². The van der Waals surface area contributed by atoms with E-state index in [2.05, 4.69) is 24.4 Å². The number of hydrogen-bond acceptors (Lipinski definition) is 2. The molecule has 0 bridgehead atoms. The molecule has 0 spiro atoms. The molecule has 0 amide bonds. The number of para-hydroxylation sites is 1. The number of hydrogen-bond donors (Lipinski definition) is 1. The van der Waals surface area contributed by atoms with Gasteiger partial charge in [-0.1, -0.05) is 63.6 Å². The summed E-state index contributed by atoms with van der Waals surface area (Å²) in [5.74, 6) is 0.502. The number of fused-ring (bicyclic) bond motifs is 1. The fourth-order valence-electron chi connectivity index (χ4n) is 3.00. The van der Waals surface area contributed by atoms with Crippen LogP contribution in [0.5, 0.6) is 0 Å². The SMILES string of the molecule is CCCCCCCCCC(=O)C1CNc2ccccc21. The molecule has 0 saturated heterocycles. The molecule has 1 atom stereocenters. The van der Waals surface area contributed by atoms with Crippen LogP contribution in [0.25, 0.3) is 0 Å². The molecule has 110 valence electrons. The third-order valence-electron chi connectivity index (χ3n) is 4.25. The largest absolute Gasteiger partial charge is 0.384 e. The number of unbranched alkanes of at least 4 members (excludes halogenated alkanes) is 6. The van der Waals surface area contributed by atoms with Gasteiger partial charge in [-0.05, 0) is 18.1 Å². The highest BCUT2D eigenvalue weighted by Gasteiger charge is 2.27. The quantitative estimate of drug-likeness (QED) is 0.648. The molecule has 2 heteroatoms. The van der Waals surface area contributed by atoms with Gasteiger partial charge in [0.25, 0.3) is 0 Å². The van der Waals surface area contributed by atoms with E-state index >= 15 is 0 Å². The van der Waals surface area contributed by atoms with Crippen LogP contribution in [0, 0.1) is 0 Å². The van der Waals surface area contributed by atoms with Crippen molar-refractivity contribution >= 4 is 11.5 Å². The minimum atomic E-state index is 0.0892. The van der Waals surface area contributed by atoms with Gasteiger partial charge in [0.2, 0.25) is 0 Å². The summed E-state index contributed by atoms with van der Waals surface area (Å²) in [5, 5.41) is 3.34. The van der Waals surface area contributed by atoms with Crippen molar-refractivity contribution in [1.29, 1.82) is 0 Å². The number of anilines is 1. The Labute approximate surface area is 123 Å². The Kier molecular flexibility index (Phi) is 6.10. The van der Waals surface area contributed by atoms with Gasteiger partial charge in [-0.2, -0.15) is 0 Å². The molecule has 1 heterocycles. The van der Waals surface area contributed by atoms with Crippen LogP contribution in [-0.2, 0) is 4.79 Å². The third-order valence-corrected chi connectivity index (χ3v) is 4.25. The van der Waals surface area contributed by atoms with E-state index in [-0.39, 0.29) is 5.92 Å². The summed E-state index contributed by atoms with van der Waals surface area (Å²) in [4.78, 5) is 12.3. The molecule has 0 saturated carbocycles. The van der Waals surface area contributed by atoms with E-state index in [1.807, 2.05) is 12.1 Å². The van der Waals surface area contributed by atoms with Crippen molar-refractivity contribution in [3.8, 4) is 0 Å². The second-order valence-electron chi connectivity index (χ2n) is 5.86. The van der Waals surface area contributed by atoms with Crippen LogP contribution in [0.15, 0.2) is 24.3 Å². The predicted molar refractivity (Wildman–Crippen MR) is 85.3 cm³/mol. The first kappa shape index (κ1) is 15.1. The van der Waals surface area contributed by atoms with Gasteiger partial charge in [-0.3, -0.25) is 4.79 Å². The Hall–Kier alpha value is -1.31. The molecule has 20 heavy (non-hydrogen) atoms. The lowest BCUT2D eigenvalue weighted by Gasteiger charge is -2.09. The molecule has 1 aliphatic rings. The zero-order valence-electron chi connectivity index (χ0n) is 12.7. The zero-order valence-corrected chi connectivity index (χ0v) is 12.7. The lowest BCUT2D eigenvalue weighted by atomic mass is 9.93. The fourth-order valence-corrected chi connectivity index (χ4v) is 3.00. The number of nitrogens with one attached hydrogen (secondary N) is 1. The van der Waals surface area contributed by atoms with E-state index in [1.165, 1.54) is 44.1 Å². The smallest absolute Gasteiger partial charge is 0.142 e. The van der Waals surface area contributed by atoms with Gasteiger partial charge in [-0.15, -0.1) is 0 Å². The third kappa shape index (κ3) is 4.09. The number of carbonyl (C=O) groups is 1. The lowest BCUT2D eigenvalue weighted by Crippen LogP contribution is -2.14. The summed E-state index contributed by atoms with van der Waals surface area (Å²) in [6.07, 6.45) is 9.62. The highest BCUT2D eigenvalue weighted by molar-refractivity contribution is 5.89. The van der Waals surface area contributed by atoms with Crippen LogP contribution in [-0.4, -0.2) is 12.3 Å². The van der Waals surface area contributed by atoms with Crippen molar-refractivity contribution in [3.63, 3.8) is 0 Å². The first-order valence-electron chi connectivity index (χ1n) is 8.18. The summed E-state index contributed by atoms with van der Waals surface area (Å²) in [6, 6.07) is 8.20. The number of benzene rings is 1. The van der Waals surface area contributed by atoms with Gasteiger partial charge in [0.15, 0.2) is 0 Å². The van der Waals surface area contributed by atoms with Crippen molar-refractivity contribution in [3.05, 3.63) is 29.8 Å². The Morgan fingerprint density at radius 1 is 1.10 bits per heavy atom. The monoisotopic (exact) mass is 273 g/mol. The van der Waals surface area contributed by atoms with Crippen molar-refractivity contribution in [1.82, 2.24) is 0 Å². The first-order chi connectivity index (χ1) is 9.83. The van der Waals surface area contributed by atoms with Crippen molar-refractivity contribution in [2.24, 2.45) is 0 Å². The fraction of sp³-hybridized carbons (Fsp3) is 0.611.